The zero-order valence-electron chi connectivity index (χ0n) is 11.2. The lowest BCUT2D eigenvalue weighted by molar-refractivity contribution is 0.304. The third-order valence-corrected chi connectivity index (χ3v) is 3.66. The minimum absolute atomic E-state index is 0.288. The van der Waals surface area contributed by atoms with E-state index >= 15 is 0 Å². The number of hydrogen-bond acceptors (Lipinski definition) is 2. The van der Waals surface area contributed by atoms with E-state index in [1.165, 1.54) is 11.1 Å². The molecule has 0 aromatic heterocycles. The van der Waals surface area contributed by atoms with E-state index in [4.69, 9.17) is 5.73 Å². The maximum Gasteiger partial charge on any atom is 0.0496 e. The van der Waals surface area contributed by atoms with Crippen LogP contribution in [0.2, 0.25) is 0 Å². The van der Waals surface area contributed by atoms with Gasteiger partial charge in [0.15, 0.2) is 0 Å². The van der Waals surface area contributed by atoms with E-state index in [0.717, 1.165) is 25.3 Å². The van der Waals surface area contributed by atoms with Crippen LogP contribution >= 0.6 is 0 Å². The van der Waals surface area contributed by atoms with Crippen molar-refractivity contribution in [2.45, 2.75) is 38.8 Å². The topological polar surface area (TPSA) is 29.3 Å². The number of hydrogen-bond donors (Lipinski definition) is 1. The van der Waals surface area contributed by atoms with Crippen LogP contribution in [0, 0.1) is 5.92 Å². The Hall–Kier alpha value is -0.860. The van der Waals surface area contributed by atoms with Gasteiger partial charge in [0, 0.05) is 18.6 Å². The second-order valence-electron chi connectivity index (χ2n) is 5.72. The lowest BCUT2D eigenvalue weighted by atomic mass is 9.97. The molecule has 1 fully saturated rings. The smallest absolute Gasteiger partial charge is 0.0496 e. The van der Waals surface area contributed by atoms with Crippen molar-refractivity contribution in [1.82, 2.24) is 4.90 Å². The quantitative estimate of drug-likeness (QED) is 0.868. The van der Waals surface area contributed by atoms with Gasteiger partial charge in [0.1, 0.15) is 0 Å². The fraction of sp³-hybridized carbons (Fsp3) is 0.600. The first-order chi connectivity index (χ1) is 8.08. The summed E-state index contributed by atoms with van der Waals surface area (Å²) in [6.45, 7) is 5.63. The number of benzene rings is 1. The van der Waals surface area contributed by atoms with E-state index in [2.05, 4.69) is 50.1 Å². The Labute approximate surface area is 105 Å². The van der Waals surface area contributed by atoms with Crippen molar-refractivity contribution >= 4 is 0 Å². The number of rotatable bonds is 3. The van der Waals surface area contributed by atoms with Crippen molar-refractivity contribution in [1.29, 1.82) is 0 Å². The van der Waals surface area contributed by atoms with Crippen LogP contribution in [0.3, 0.4) is 0 Å². The molecule has 0 amide bonds. The van der Waals surface area contributed by atoms with Gasteiger partial charge in [0.2, 0.25) is 0 Å². The van der Waals surface area contributed by atoms with E-state index in [9.17, 15) is 0 Å². The van der Waals surface area contributed by atoms with Gasteiger partial charge in [-0.2, -0.15) is 0 Å². The Balaban J connectivity index is 2.12. The standard InChI is InChI=1S/C15H24N2/c1-11(2)10-12-4-6-13(7-5-12)15-14(16)8-9-17(15)3/h4-7,11,14-15H,8-10,16H2,1-3H3. The fourth-order valence-corrected chi connectivity index (χ4v) is 2.80. The predicted molar refractivity (Wildman–Crippen MR) is 72.9 cm³/mol. The summed E-state index contributed by atoms with van der Waals surface area (Å²) >= 11 is 0. The molecule has 1 heterocycles. The number of nitrogens with zero attached hydrogens (tertiary/aromatic N) is 1. The monoisotopic (exact) mass is 232 g/mol. The number of likely N-dealkylation sites (tertiary alicyclic amines) is 1. The van der Waals surface area contributed by atoms with E-state index in [1.807, 2.05) is 0 Å². The first-order valence-electron chi connectivity index (χ1n) is 6.62. The molecule has 0 bridgehead atoms. The molecule has 0 saturated carbocycles. The van der Waals surface area contributed by atoms with Gasteiger partial charge in [-0.1, -0.05) is 38.1 Å². The minimum Gasteiger partial charge on any atom is -0.326 e. The number of nitrogens with two attached hydrogens (primary N) is 1. The second kappa shape index (κ2) is 5.19. The van der Waals surface area contributed by atoms with Gasteiger partial charge in [-0.15, -0.1) is 0 Å². The molecule has 1 aliphatic heterocycles. The van der Waals surface area contributed by atoms with E-state index in [1.54, 1.807) is 0 Å². The highest BCUT2D eigenvalue weighted by Gasteiger charge is 2.29. The molecule has 2 nitrogen and oxygen atoms in total. The zero-order chi connectivity index (χ0) is 12.4. The molecular formula is C15H24N2. The van der Waals surface area contributed by atoms with Crippen molar-refractivity contribution in [3.63, 3.8) is 0 Å². The first-order valence-corrected chi connectivity index (χ1v) is 6.62. The summed E-state index contributed by atoms with van der Waals surface area (Å²) in [7, 11) is 2.17. The molecule has 17 heavy (non-hydrogen) atoms. The average Bonchev–Trinajstić information content (AvgIpc) is 2.59. The fourth-order valence-electron chi connectivity index (χ4n) is 2.80. The molecule has 1 saturated heterocycles. The number of likely N-dealkylation sites (N-methyl/N-ethyl adjacent to an activating group) is 1. The summed E-state index contributed by atoms with van der Waals surface area (Å²) in [4.78, 5) is 2.36. The van der Waals surface area contributed by atoms with Crippen molar-refractivity contribution in [2.75, 3.05) is 13.6 Å². The molecular weight excluding hydrogens is 208 g/mol. The van der Waals surface area contributed by atoms with E-state index in [0.29, 0.717) is 6.04 Å². The van der Waals surface area contributed by atoms with Gasteiger partial charge < -0.3 is 5.73 Å². The third kappa shape index (κ3) is 2.88. The van der Waals surface area contributed by atoms with Crippen LogP contribution in [-0.4, -0.2) is 24.5 Å². The van der Waals surface area contributed by atoms with Gasteiger partial charge >= 0.3 is 0 Å². The second-order valence-corrected chi connectivity index (χ2v) is 5.72. The molecule has 0 spiro atoms. The molecule has 1 aliphatic rings. The summed E-state index contributed by atoms with van der Waals surface area (Å²) in [5, 5.41) is 0. The maximum atomic E-state index is 6.18. The van der Waals surface area contributed by atoms with Crippen LogP contribution in [0.25, 0.3) is 0 Å². The molecule has 94 valence electrons. The molecule has 2 N–H and O–H groups in total. The first kappa shape index (κ1) is 12.6. The van der Waals surface area contributed by atoms with Crippen LogP contribution < -0.4 is 5.73 Å². The minimum atomic E-state index is 0.288. The Bertz CT molecular complexity index is 346. The van der Waals surface area contributed by atoms with Crippen LogP contribution in [0.15, 0.2) is 24.3 Å². The molecule has 1 aromatic carbocycles. The summed E-state index contributed by atoms with van der Waals surface area (Å²) in [6, 6.07) is 9.72. The summed E-state index contributed by atoms with van der Waals surface area (Å²) in [5.41, 5.74) is 8.97. The van der Waals surface area contributed by atoms with Crippen molar-refractivity contribution < 1.29 is 0 Å². The van der Waals surface area contributed by atoms with Crippen molar-refractivity contribution in [3.8, 4) is 0 Å². The predicted octanol–water partition coefficient (Wildman–Crippen LogP) is 2.59. The van der Waals surface area contributed by atoms with Crippen LogP contribution in [-0.2, 0) is 6.42 Å². The van der Waals surface area contributed by atoms with Gasteiger partial charge in [-0.3, -0.25) is 4.90 Å². The van der Waals surface area contributed by atoms with Crippen molar-refractivity contribution in [3.05, 3.63) is 35.4 Å². The largest absolute Gasteiger partial charge is 0.326 e. The average molecular weight is 232 g/mol. The Kier molecular flexibility index (Phi) is 3.85. The van der Waals surface area contributed by atoms with Gasteiger partial charge in [0.25, 0.3) is 0 Å². The van der Waals surface area contributed by atoms with Crippen LogP contribution in [0.1, 0.15) is 37.4 Å². The summed E-state index contributed by atoms with van der Waals surface area (Å²) in [5.74, 6) is 0.720. The highest BCUT2D eigenvalue weighted by molar-refractivity contribution is 5.27. The summed E-state index contributed by atoms with van der Waals surface area (Å²) < 4.78 is 0. The molecule has 2 rings (SSSR count). The molecule has 2 heteroatoms. The van der Waals surface area contributed by atoms with E-state index < -0.39 is 0 Å². The zero-order valence-corrected chi connectivity index (χ0v) is 11.2. The Morgan fingerprint density at radius 3 is 2.41 bits per heavy atom. The lowest BCUT2D eigenvalue weighted by Crippen LogP contribution is -2.29. The highest BCUT2D eigenvalue weighted by Crippen LogP contribution is 2.29. The normalized spacial score (nSPS) is 25.7. The third-order valence-electron chi connectivity index (χ3n) is 3.66. The Morgan fingerprint density at radius 1 is 1.29 bits per heavy atom. The molecule has 1 aromatic rings. The van der Waals surface area contributed by atoms with Crippen molar-refractivity contribution in [2.24, 2.45) is 11.7 Å². The lowest BCUT2D eigenvalue weighted by Gasteiger charge is -2.23. The van der Waals surface area contributed by atoms with Gasteiger partial charge in [-0.05, 0) is 36.9 Å². The summed E-state index contributed by atoms with van der Waals surface area (Å²) in [6.07, 6.45) is 2.27. The maximum absolute atomic E-state index is 6.18. The van der Waals surface area contributed by atoms with Gasteiger partial charge in [0.05, 0.1) is 0 Å². The molecule has 2 unspecified atom stereocenters. The molecule has 2 atom stereocenters. The van der Waals surface area contributed by atoms with Crippen LogP contribution in [0.4, 0.5) is 0 Å². The van der Waals surface area contributed by atoms with Gasteiger partial charge in [-0.25, -0.2) is 0 Å². The Morgan fingerprint density at radius 2 is 1.94 bits per heavy atom. The van der Waals surface area contributed by atoms with E-state index in [-0.39, 0.29) is 6.04 Å². The van der Waals surface area contributed by atoms with Crippen LogP contribution in [0.5, 0.6) is 0 Å². The molecule has 0 aliphatic carbocycles. The molecule has 0 radical (unpaired) electrons. The highest BCUT2D eigenvalue weighted by atomic mass is 15.2. The SMILES string of the molecule is CC(C)Cc1ccc(C2C(N)CCN2C)cc1.